The fourth-order valence-electron chi connectivity index (χ4n) is 2.49. The van der Waals surface area contributed by atoms with Gasteiger partial charge in [-0.3, -0.25) is 25.1 Å². The highest BCUT2D eigenvalue weighted by Gasteiger charge is 2.21. The molecule has 2 N–H and O–H groups in total. The lowest BCUT2D eigenvalue weighted by atomic mass is 9.92. The van der Waals surface area contributed by atoms with Gasteiger partial charge in [0.1, 0.15) is 11.4 Å². The first-order valence-corrected chi connectivity index (χ1v) is 9.48. The summed E-state index contributed by atoms with van der Waals surface area (Å²) in [6, 6.07) is 7.11. The van der Waals surface area contributed by atoms with Gasteiger partial charge in [-0.25, -0.2) is 0 Å². The predicted octanol–water partition coefficient (Wildman–Crippen LogP) is 3.30. The Morgan fingerprint density at radius 2 is 1.93 bits per heavy atom. The van der Waals surface area contributed by atoms with Gasteiger partial charge in [0.15, 0.2) is 0 Å². The van der Waals surface area contributed by atoms with E-state index in [1.54, 1.807) is 25.2 Å². The van der Waals surface area contributed by atoms with Crippen molar-refractivity contribution in [3.05, 3.63) is 46.2 Å². The number of halogens is 1. The third-order valence-corrected chi connectivity index (χ3v) is 4.37. The van der Waals surface area contributed by atoms with Crippen molar-refractivity contribution in [2.75, 3.05) is 6.61 Å². The van der Waals surface area contributed by atoms with Crippen molar-refractivity contribution in [3.63, 3.8) is 0 Å². The molecule has 0 aliphatic carbocycles. The summed E-state index contributed by atoms with van der Waals surface area (Å²) in [7, 11) is 1.70. The molecule has 7 nitrogen and oxygen atoms in total. The molecule has 1 aromatic heterocycles. The fourth-order valence-corrected chi connectivity index (χ4v) is 2.72. The molecule has 0 aliphatic rings. The number of hydrogen-bond donors (Lipinski definition) is 2. The van der Waals surface area contributed by atoms with Gasteiger partial charge in [0.25, 0.3) is 5.91 Å². The van der Waals surface area contributed by atoms with Gasteiger partial charge in [-0.15, -0.1) is 0 Å². The van der Waals surface area contributed by atoms with Crippen LogP contribution >= 0.6 is 11.6 Å². The summed E-state index contributed by atoms with van der Waals surface area (Å²) in [6.07, 6.45) is 0.745. The molecule has 0 atom stereocenters. The van der Waals surface area contributed by atoms with Crippen LogP contribution in [0.15, 0.2) is 24.3 Å². The molecule has 0 bridgehead atoms. The minimum absolute atomic E-state index is 0.165. The average Bonchev–Trinajstić information content (AvgIpc) is 3.00. The lowest BCUT2D eigenvalue weighted by Gasteiger charge is -2.13. The molecule has 0 fully saturated rings. The van der Waals surface area contributed by atoms with Crippen LogP contribution in [0.25, 0.3) is 0 Å². The van der Waals surface area contributed by atoms with Gasteiger partial charge in [-0.05, 0) is 43.2 Å². The number of rotatable bonds is 6. The van der Waals surface area contributed by atoms with Crippen LogP contribution in [0, 0.1) is 6.92 Å². The van der Waals surface area contributed by atoms with Crippen LogP contribution in [0.1, 0.15) is 55.4 Å². The predicted molar refractivity (Wildman–Crippen MR) is 108 cm³/mol. The number of nitrogens with zero attached hydrogens (tertiary/aromatic N) is 2. The number of aryl methyl sites for hydroxylation is 2. The highest BCUT2D eigenvalue weighted by atomic mass is 35.5. The van der Waals surface area contributed by atoms with E-state index in [9.17, 15) is 9.59 Å². The van der Waals surface area contributed by atoms with Crippen molar-refractivity contribution in [1.29, 1.82) is 0 Å². The maximum atomic E-state index is 12.3. The summed E-state index contributed by atoms with van der Waals surface area (Å²) in [5, 5.41) is 5.01. The zero-order valence-electron chi connectivity index (χ0n) is 16.9. The van der Waals surface area contributed by atoms with Crippen LogP contribution in [0.5, 0.6) is 5.75 Å². The molecule has 1 heterocycles. The van der Waals surface area contributed by atoms with Gasteiger partial charge in [-0.2, -0.15) is 5.10 Å². The van der Waals surface area contributed by atoms with Gasteiger partial charge >= 0.3 is 0 Å². The summed E-state index contributed by atoms with van der Waals surface area (Å²) in [6.45, 7) is 8.36. The maximum absolute atomic E-state index is 12.3. The standard InChI is InChI=1S/C20H27ClN4O3/c1-13-11-14(21)8-9-16(13)28-10-6-7-18(26)22-23-19(27)15-12-17(20(2,3)4)24-25(15)5/h8-9,11-12H,6-7,10H2,1-5H3,(H,22,26)(H,23,27). The SMILES string of the molecule is Cc1cc(Cl)ccc1OCCCC(=O)NNC(=O)c1cc(C(C)(C)C)nn1C. The molecule has 28 heavy (non-hydrogen) atoms. The second kappa shape index (κ2) is 9.10. The van der Waals surface area contributed by atoms with Gasteiger partial charge in [-0.1, -0.05) is 32.4 Å². The largest absolute Gasteiger partial charge is 0.493 e. The Morgan fingerprint density at radius 1 is 1.21 bits per heavy atom. The fraction of sp³-hybridized carbons (Fsp3) is 0.450. The number of amides is 2. The molecule has 0 spiro atoms. The molecule has 152 valence electrons. The minimum Gasteiger partial charge on any atom is -0.493 e. The third kappa shape index (κ3) is 5.99. The van der Waals surface area contributed by atoms with Crippen molar-refractivity contribution in [2.24, 2.45) is 7.05 Å². The quantitative estimate of drug-likeness (QED) is 0.569. The van der Waals surface area contributed by atoms with Gasteiger partial charge < -0.3 is 4.74 Å². The number of hydrogen-bond acceptors (Lipinski definition) is 4. The Labute approximate surface area is 170 Å². The first-order chi connectivity index (χ1) is 13.1. The van der Waals surface area contributed by atoms with Crippen LogP contribution in [0.2, 0.25) is 5.02 Å². The first-order valence-electron chi connectivity index (χ1n) is 9.10. The molecule has 0 unspecified atom stereocenters. The molecule has 0 saturated carbocycles. The Bertz CT molecular complexity index is 856. The van der Waals surface area contributed by atoms with E-state index in [0.717, 1.165) is 17.0 Å². The Balaban J connectivity index is 1.75. The van der Waals surface area contributed by atoms with E-state index in [-0.39, 0.29) is 17.7 Å². The van der Waals surface area contributed by atoms with Crippen LogP contribution < -0.4 is 15.6 Å². The number of hydrazine groups is 1. The molecule has 0 radical (unpaired) electrons. The molecule has 1 aromatic carbocycles. The highest BCUT2D eigenvalue weighted by Crippen LogP contribution is 2.22. The van der Waals surface area contributed by atoms with E-state index < -0.39 is 5.91 Å². The van der Waals surface area contributed by atoms with Crippen LogP contribution in [0.3, 0.4) is 0 Å². The van der Waals surface area contributed by atoms with Crippen LogP contribution in [-0.4, -0.2) is 28.2 Å². The number of carbonyl (C=O) groups is 2. The van der Waals surface area contributed by atoms with E-state index in [0.29, 0.717) is 23.7 Å². The first kappa shape index (κ1) is 21.8. The second-order valence-corrected chi connectivity index (χ2v) is 8.09. The summed E-state index contributed by atoms with van der Waals surface area (Å²) < 4.78 is 7.15. The van der Waals surface area contributed by atoms with Crippen molar-refractivity contribution in [1.82, 2.24) is 20.6 Å². The Kier molecular flexibility index (Phi) is 7.07. The number of aromatic nitrogens is 2. The van der Waals surface area contributed by atoms with E-state index >= 15 is 0 Å². The van der Waals surface area contributed by atoms with E-state index in [1.807, 2.05) is 33.8 Å². The van der Waals surface area contributed by atoms with Crippen molar-refractivity contribution < 1.29 is 14.3 Å². The number of carbonyl (C=O) groups excluding carboxylic acids is 2. The lowest BCUT2D eigenvalue weighted by molar-refractivity contribution is -0.122. The van der Waals surface area contributed by atoms with E-state index in [2.05, 4.69) is 16.0 Å². The van der Waals surface area contributed by atoms with Gasteiger partial charge in [0.2, 0.25) is 5.91 Å². The molecule has 0 aliphatic heterocycles. The molecule has 2 aromatic rings. The summed E-state index contributed by atoms with van der Waals surface area (Å²) in [4.78, 5) is 24.2. The Morgan fingerprint density at radius 3 is 2.54 bits per heavy atom. The zero-order chi connectivity index (χ0) is 20.9. The average molecular weight is 407 g/mol. The van der Waals surface area contributed by atoms with Gasteiger partial charge in [0, 0.05) is 23.9 Å². The monoisotopic (exact) mass is 406 g/mol. The van der Waals surface area contributed by atoms with Crippen LogP contribution in [0.4, 0.5) is 0 Å². The molecule has 8 heteroatoms. The van der Waals surface area contributed by atoms with Crippen molar-refractivity contribution in [2.45, 2.75) is 46.0 Å². The topological polar surface area (TPSA) is 85.2 Å². The van der Waals surface area contributed by atoms with E-state index in [1.165, 1.54) is 4.68 Å². The van der Waals surface area contributed by atoms with Crippen molar-refractivity contribution >= 4 is 23.4 Å². The maximum Gasteiger partial charge on any atom is 0.287 e. The molecule has 0 saturated heterocycles. The normalized spacial score (nSPS) is 11.2. The third-order valence-electron chi connectivity index (χ3n) is 4.14. The summed E-state index contributed by atoms with van der Waals surface area (Å²) >= 11 is 5.91. The minimum atomic E-state index is -0.410. The smallest absolute Gasteiger partial charge is 0.287 e. The Hall–Kier alpha value is -2.54. The number of ether oxygens (including phenoxy) is 1. The van der Waals surface area contributed by atoms with E-state index in [4.69, 9.17) is 16.3 Å². The summed E-state index contributed by atoms with van der Waals surface area (Å²) in [5.41, 5.74) is 6.81. The van der Waals surface area contributed by atoms with Gasteiger partial charge in [0.05, 0.1) is 12.3 Å². The van der Waals surface area contributed by atoms with Crippen molar-refractivity contribution in [3.8, 4) is 5.75 Å². The molecule has 2 amide bonds. The van der Waals surface area contributed by atoms with Crippen LogP contribution in [-0.2, 0) is 17.3 Å². The lowest BCUT2D eigenvalue weighted by Crippen LogP contribution is -2.42. The summed E-state index contributed by atoms with van der Waals surface area (Å²) in [5.74, 6) is 0.0406. The molecular formula is C20H27ClN4O3. The zero-order valence-corrected chi connectivity index (χ0v) is 17.7. The second-order valence-electron chi connectivity index (χ2n) is 7.65. The highest BCUT2D eigenvalue weighted by molar-refractivity contribution is 6.30. The molecular weight excluding hydrogens is 380 g/mol. The number of nitrogens with one attached hydrogen (secondary N) is 2. The molecule has 2 rings (SSSR count). The number of benzene rings is 1.